The van der Waals surface area contributed by atoms with E-state index in [2.05, 4.69) is 26.0 Å². The Morgan fingerprint density at radius 1 is 0.477 bits per heavy atom. The normalized spacial score (nSPS) is 12.0. The first-order valence-corrected chi connectivity index (χ1v) is 20.2. The first-order valence-electron chi connectivity index (χ1n) is 20.2. The third-order valence-electron chi connectivity index (χ3n) is 9.00. The molecule has 3 nitrogen and oxygen atoms in total. The van der Waals surface area contributed by atoms with E-state index in [1.807, 2.05) is 0 Å². The summed E-state index contributed by atoms with van der Waals surface area (Å²) in [6.07, 6.45) is 53.1. The summed E-state index contributed by atoms with van der Waals surface area (Å²) in [4.78, 5) is 9.00. The molecule has 0 amide bonds. The van der Waals surface area contributed by atoms with Crippen molar-refractivity contribution in [3.05, 3.63) is 12.2 Å². The molecule has 0 aromatic rings. The van der Waals surface area contributed by atoms with Gasteiger partial charge in [0.2, 0.25) is 0 Å². The number of hydrogen-bond donors (Lipinski definition) is 2. The van der Waals surface area contributed by atoms with Crippen LogP contribution in [-0.2, 0) is 4.79 Å². The van der Waals surface area contributed by atoms with Crippen LogP contribution in [0.1, 0.15) is 239 Å². The second kappa shape index (κ2) is 42.2. The molecule has 0 aliphatic heterocycles. The lowest BCUT2D eigenvalue weighted by atomic mass is 10.0. The number of aliphatic carboxylic acids is 1. The molecule has 0 aromatic carbocycles. The highest BCUT2D eigenvalue weighted by atomic mass is 16.4. The number of carboxylic acids is 1. The van der Waals surface area contributed by atoms with Crippen LogP contribution in [0.25, 0.3) is 0 Å². The molecule has 0 spiro atoms. The van der Waals surface area contributed by atoms with Crippen molar-refractivity contribution in [1.82, 2.24) is 0 Å². The highest BCUT2D eigenvalue weighted by Gasteiger charge is 1.99. The molecular formula is C41H83NO2. The summed E-state index contributed by atoms with van der Waals surface area (Å²) in [6, 6.07) is 0.285. The Morgan fingerprint density at radius 3 is 0.977 bits per heavy atom. The average molecular weight is 622 g/mol. The fourth-order valence-corrected chi connectivity index (χ4v) is 6.11. The Morgan fingerprint density at radius 2 is 0.705 bits per heavy atom. The Labute approximate surface area is 278 Å². The highest BCUT2D eigenvalue weighted by molar-refractivity contribution is 5.62. The van der Waals surface area contributed by atoms with Crippen LogP contribution < -0.4 is 5.73 Å². The summed E-state index contributed by atoms with van der Waals surface area (Å²) in [5.74, 6) is -0.833. The minimum atomic E-state index is -0.833. The van der Waals surface area contributed by atoms with E-state index in [0.29, 0.717) is 0 Å². The summed E-state index contributed by atoms with van der Waals surface area (Å²) in [5, 5.41) is 7.42. The highest BCUT2D eigenvalue weighted by Crippen LogP contribution is 2.16. The Hall–Kier alpha value is -0.830. The van der Waals surface area contributed by atoms with E-state index in [1.165, 1.54) is 218 Å². The van der Waals surface area contributed by atoms with E-state index in [1.54, 1.807) is 0 Å². The fourth-order valence-electron chi connectivity index (χ4n) is 6.11. The summed E-state index contributed by atoms with van der Waals surface area (Å²) in [6.45, 7) is 5.69. The van der Waals surface area contributed by atoms with Crippen LogP contribution in [0.3, 0.4) is 0 Å². The molecule has 44 heavy (non-hydrogen) atoms. The molecule has 0 saturated carbocycles. The minimum absolute atomic E-state index is 0.285. The van der Waals surface area contributed by atoms with Crippen molar-refractivity contribution in [3.63, 3.8) is 0 Å². The van der Waals surface area contributed by atoms with Crippen LogP contribution in [-0.4, -0.2) is 17.1 Å². The van der Waals surface area contributed by atoms with Gasteiger partial charge in [-0.2, -0.15) is 0 Å². The molecule has 0 rings (SSSR count). The van der Waals surface area contributed by atoms with Gasteiger partial charge in [0.05, 0.1) is 0 Å². The maximum atomic E-state index is 9.00. The SMILES string of the molecule is CC(=O)O.CCCCCCCCCCCCCCCCCCC=CC(N)CCCCCCCCCCCCCCCCCC. The largest absolute Gasteiger partial charge is 0.481 e. The van der Waals surface area contributed by atoms with Crippen molar-refractivity contribution >= 4 is 5.97 Å². The predicted octanol–water partition coefficient (Wildman–Crippen LogP) is 14.3. The first-order chi connectivity index (χ1) is 21.5. The van der Waals surface area contributed by atoms with Gasteiger partial charge in [0.25, 0.3) is 5.97 Å². The zero-order chi connectivity index (χ0) is 32.6. The van der Waals surface area contributed by atoms with Crippen molar-refractivity contribution in [1.29, 1.82) is 0 Å². The lowest BCUT2D eigenvalue weighted by molar-refractivity contribution is -0.134. The standard InChI is InChI=1S/C39H79N.C2H4O2/c1-3-5-7-9-11-13-15-17-19-21-22-24-26-28-30-32-34-36-38-39(40)37-35-33-31-29-27-25-23-20-18-16-14-12-10-8-6-4-2;1-2(3)4/h36,38-39H,3-35,37,40H2,1-2H3;1H3,(H,3,4). The summed E-state index contributed by atoms with van der Waals surface area (Å²) >= 11 is 0. The molecule has 0 radical (unpaired) electrons. The first kappa shape index (κ1) is 45.3. The van der Waals surface area contributed by atoms with E-state index in [-0.39, 0.29) is 6.04 Å². The number of hydrogen-bond acceptors (Lipinski definition) is 2. The van der Waals surface area contributed by atoms with E-state index >= 15 is 0 Å². The van der Waals surface area contributed by atoms with Crippen LogP contribution in [0.2, 0.25) is 0 Å². The molecule has 264 valence electrons. The quantitative estimate of drug-likeness (QED) is 0.0546. The molecule has 3 N–H and O–H groups in total. The van der Waals surface area contributed by atoms with Crippen LogP contribution in [0, 0.1) is 0 Å². The molecule has 3 heteroatoms. The van der Waals surface area contributed by atoms with Gasteiger partial charge in [-0.1, -0.05) is 225 Å². The van der Waals surface area contributed by atoms with Gasteiger partial charge >= 0.3 is 0 Å². The van der Waals surface area contributed by atoms with Gasteiger partial charge in [-0.25, -0.2) is 0 Å². The third kappa shape index (κ3) is 48.1. The van der Waals surface area contributed by atoms with Crippen LogP contribution in [0.5, 0.6) is 0 Å². The Kier molecular flexibility index (Phi) is 43.4. The zero-order valence-corrected chi connectivity index (χ0v) is 30.7. The second-order valence-corrected chi connectivity index (χ2v) is 13.8. The second-order valence-electron chi connectivity index (χ2n) is 13.8. The minimum Gasteiger partial charge on any atom is -0.481 e. The Balaban J connectivity index is 0. The monoisotopic (exact) mass is 622 g/mol. The van der Waals surface area contributed by atoms with Crippen molar-refractivity contribution in [2.75, 3.05) is 0 Å². The molecule has 0 fully saturated rings. The number of carbonyl (C=O) groups is 1. The maximum absolute atomic E-state index is 9.00. The van der Waals surface area contributed by atoms with Crippen molar-refractivity contribution in [3.8, 4) is 0 Å². The number of unbranched alkanes of at least 4 members (excludes halogenated alkanes) is 31. The van der Waals surface area contributed by atoms with Crippen molar-refractivity contribution in [2.24, 2.45) is 5.73 Å². The van der Waals surface area contributed by atoms with Gasteiger partial charge in [-0.3, -0.25) is 4.79 Å². The fraction of sp³-hybridized carbons (Fsp3) is 0.927. The molecule has 1 atom stereocenters. The molecule has 0 heterocycles. The lowest BCUT2D eigenvalue weighted by Gasteiger charge is -2.07. The van der Waals surface area contributed by atoms with E-state index in [0.717, 1.165) is 6.92 Å². The van der Waals surface area contributed by atoms with Crippen molar-refractivity contribution in [2.45, 2.75) is 245 Å². The Bertz CT molecular complexity index is 543. The van der Waals surface area contributed by atoms with Crippen LogP contribution in [0.4, 0.5) is 0 Å². The van der Waals surface area contributed by atoms with Gasteiger partial charge in [0.15, 0.2) is 0 Å². The topological polar surface area (TPSA) is 63.3 Å². The average Bonchev–Trinajstić information content (AvgIpc) is 3.00. The van der Waals surface area contributed by atoms with Gasteiger partial charge in [0.1, 0.15) is 0 Å². The summed E-state index contributed by atoms with van der Waals surface area (Å²) in [7, 11) is 0. The number of allylic oxidation sites excluding steroid dienone is 1. The summed E-state index contributed by atoms with van der Waals surface area (Å²) < 4.78 is 0. The molecule has 0 aromatic heterocycles. The molecule has 0 bridgehead atoms. The van der Waals surface area contributed by atoms with E-state index in [9.17, 15) is 0 Å². The van der Waals surface area contributed by atoms with Gasteiger partial charge in [-0.15, -0.1) is 0 Å². The molecule has 0 saturated heterocycles. The number of carboxylic acid groups (broad SMARTS) is 1. The molecule has 0 aliphatic rings. The van der Waals surface area contributed by atoms with Gasteiger partial charge in [0, 0.05) is 13.0 Å². The van der Waals surface area contributed by atoms with E-state index < -0.39 is 5.97 Å². The van der Waals surface area contributed by atoms with E-state index in [4.69, 9.17) is 15.6 Å². The summed E-state index contributed by atoms with van der Waals surface area (Å²) in [5.41, 5.74) is 6.32. The van der Waals surface area contributed by atoms with Gasteiger partial charge < -0.3 is 10.8 Å². The molecular weight excluding hydrogens is 538 g/mol. The van der Waals surface area contributed by atoms with Crippen LogP contribution in [0.15, 0.2) is 12.2 Å². The maximum Gasteiger partial charge on any atom is 0.300 e. The van der Waals surface area contributed by atoms with Gasteiger partial charge in [-0.05, 0) is 19.3 Å². The molecule has 1 unspecified atom stereocenters. The third-order valence-corrected chi connectivity index (χ3v) is 9.00. The smallest absolute Gasteiger partial charge is 0.300 e. The molecule has 0 aliphatic carbocycles. The van der Waals surface area contributed by atoms with Crippen molar-refractivity contribution < 1.29 is 9.90 Å². The lowest BCUT2D eigenvalue weighted by Crippen LogP contribution is -2.16. The number of nitrogens with two attached hydrogens (primary N) is 1. The zero-order valence-electron chi connectivity index (χ0n) is 30.7. The predicted molar refractivity (Wildman–Crippen MR) is 199 cm³/mol. The number of rotatable bonds is 35. The van der Waals surface area contributed by atoms with Crippen LogP contribution >= 0.6 is 0 Å².